The number of rotatable bonds is 4. The van der Waals surface area contributed by atoms with Gasteiger partial charge in [-0.1, -0.05) is 36.4 Å². The summed E-state index contributed by atoms with van der Waals surface area (Å²) in [6, 6.07) is 16.7. The maximum absolute atomic E-state index is 5.26. The van der Waals surface area contributed by atoms with Crippen molar-refractivity contribution < 1.29 is 4.74 Å². The molecule has 0 amide bonds. The van der Waals surface area contributed by atoms with Gasteiger partial charge in [-0.15, -0.1) is 0 Å². The molecule has 1 aromatic heterocycles. The van der Waals surface area contributed by atoms with Gasteiger partial charge in [-0.25, -0.2) is 4.98 Å². The van der Waals surface area contributed by atoms with Gasteiger partial charge in [0.1, 0.15) is 5.75 Å². The molecule has 0 radical (unpaired) electrons. The van der Waals surface area contributed by atoms with Crippen molar-refractivity contribution in [2.24, 2.45) is 0 Å². The predicted octanol–water partition coefficient (Wildman–Crippen LogP) is 3.61. The van der Waals surface area contributed by atoms with Gasteiger partial charge in [0.25, 0.3) is 0 Å². The highest BCUT2D eigenvalue weighted by Crippen LogP contribution is 2.24. The van der Waals surface area contributed by atoms with Crippen LogP contribution in [0.1, 0.15) is 5.56 Å². The van der Waals surface area contributed by atoms with Gasteiger partial charge >= 0.3 is 0 Å². The van der Waals surface area contributed by atoms with Crippen LogP contribution in [0.5, 0.6) is 5.75 Å². The lowest BCUT2D eigenvalue weighted by Crippen LogP contribution is -1.95. The molecule has 0 unspecified atom stereocenters. The molecule has 100 valence electrons. The summed E-state index contributed by atoms with van der Waals surface area (Å²) in [6.45, 7) is 0.846. The average Bonchev–Trinajstić information content (AvgIpc) is 3.01. The fourth-order valence-electron chi connectivity index (χ4n) is 2.20. The molecule has 2 aromatic carbocycles. The number of ether oxygens (including phenoxy) is 1. The molecular weight excluding hydrogens is 248 g/mol. The predicted molar refractivity (Wildman–Crippen MR) is 79.8 cm³/mol. The lowest BCUT2D eigenvalue weighted by atomic mass is 10.0. The van der Waals surface area contributed by atoms with Crippen molar-refractivity contribution in [2.75, 3.05) is 7.11 Å². The molecule has 3 aromatic rings. The van der Waals surface area contributed by atoms with Crippen molar-refractivity contribution in [3.05, 3.63) is 72.8 Å². The molecule has 0 saturated carbocycles. The van der Waals surface area contributed by atoms with Gasteiger partial charge < -0.3 is 9.30 Å². The van der Waals surface area contributed by atoms with Crippen LogP contribution in [0.4, 0.5) is 0 Å². The molecule has 0 aliphatic rings. The third kappa shape index (κ3) is 2.72. The third-order valence-corrected chi connectivity index (χ3v) is 3.28. The Bertz CT molecular complexity index is 672. The monoisotopic (exact) mass is 264 g/mol. The van der Waals surface area contributed by atoms with Crippen LogP contribution in [0.3, 0.4) is 0 Å². The summed E-state index contributed by atoms with van der Waals surface area (Å²) in [7, 11) is 1.69. The van der Waals surface area contributed by atoms with Crippen LogP contribution in [-0.2, 0) is 6.54 Å². The minimum Gasteiger partial charge on any atom is -0.497 e. The van der Waals surface area contributed by atoms with E-state index < -0.39 is 0 Å². The van der Waals surface area contributed by atoms with E-state index in [2.05, 4.69) is 39.9 Å². The highest BCUT2D eigenvalue weighted by molar-refractivity contribution is 5.65. The molecular formula is C17H16N2O. The van der Waals surface area contributed by atoms with Crippen LogP contribution in [-0.4, -0.2) is 16.7 Å². The van der Waals surface area contributed by atoms with E-state index in [0.29, 0.717) is 0 Å². The standard InChI is InChI=1S/C17H16N2O/c1-20-17-4-2-3-16(11-17)15-7-5-14(6-8-15)12-19-10-9-18-13-19/h2-11,13H,12H2,1H3. The van der Waals surface area contributed by atoms with Gasteiger partial charge in [0.2, 0.25) is 0 Å². The molecule has 0 aliphatic heterocycles. The van der Waals surface area contributed by atoms with Crippen molar-refractivity contribution in [3.8, 4) is 16.9 Å². The van der Waals surface area contributed by atoms with Gasteiger partial charge in [0, 0.05) is 18.9 Å². The molecule has 0 saturated heterocycles. The van der Waals surface area contributed by atoms with Gasteiger partial charge in [0.15, 0.2) is 0 Å². The summed E-state index contributed by atoms with van der Waals surface area (Å²) < 4.78 is 7.32. The van der Waals surface area contributed by atoms with E-state index in [1.165, 1.54) is 16.7 Å². The van der Waals surface area contributed by atoms with Crippen molar-refractivity contribution >= 4 is 0 Å². The fourth-order valence-corrected chi connectivity index (χ4v) is 2.20. The molecule has 0 fully saturated rings. The van der Waals surface area contributed by atoms with Crippen LogP contribution in [0, 0.1) is 0 Å². The van der Waals surface area contributed by atoms with E-state index >= 15 is 0 Å². The second-order valence-electron chi connectivity index (χ2n) is 4.66. The SMILES string of the molecule is COc1cccc(-c2ccc(Cn3ccnc3)cc2)c1. The van der Waals surface area contributed by atoms with Crippen LogP contribution in [0.2, 0.25) is 0 Å². The Kier molecular flexibility index (Phi) is 3.50. The van der Waals surface area contributed by atoms with Crippen molar-refractivity contribution in [3.63, 3.8) is 0 Å². The first kappa shape index (κ1) is 12.5. The minimum atomic E-state index is 0.846. The lowest BCUT2D eigenvalue weighted by molar-refractivity contribution is 0.415. The first-order valence-corrected chi connectivity index (χ1v) is 6.54. The van der Waals surface area contributed by atoms with Gasteiger partial charge in [-0.05, 0) is 28.8 Å². The van der Waals surface area contributed by atoms with Gasteiger partial charge in [-0.3, -0.25) is 0 Å². The van der Waals surface area contributed by atoms with E-state index in [9.17, 15) is 0 Å². The maximum atomic E-state index is 5.26. The Balaban J connectivity index is 1.81. The van der Waals surface area contributed by atoms with Gasteiger partial charge in [-0.2, -0.15) is 0 Å². The molecule has 0 aliphatic carbocycles. The zero-order valence-corrected chi connectivity index (χ0v) is 11.4. The summed E-state index contributed by atoms with van der Waals surface area (Å²) in [5.41, 5.74) is 3.62. The van der Waals surface area contributed by atoms with E-state index in [1.807, 2.05) is 30.7 Å². The summed E-state index contributed by atoms with van der Waals surface area (Å²) in [4.78, 5) is 4.05. The molecule has 3 nitrogen and oxygen atoms in total. The van der Waals surface area contributed by atoms with Crippen LogP contribution in [0.25, 0.3) is 11.1 Å². The highest BCUT2D eigenvalue weighted by atomic mass is 16.5. The topological polar surface area (TPSA) is 27.1 Å². The van der Waals surface area contributed by atoms with E-state index in [1.54, 1.807) is 13.3 Å². The summed E-state index contributed by atoms with van der Waals surface area (Å²) in [6.07, 6.45) is 5.59. The van der Waals surface area contributed by atoms with E-state index in [-0.39, 0.29) is 0 Å². The first-order chi connectivity index (χ1) is 9.85. The molecule has 0 N–H and O–H groups in total. The molecule has 0 atom stereocenters. The molecule has 0 spiro atoms. The number of nitrogens with zero attached hydrogens (tertiary/aromatic N) is 2. The Labute approximate surface area is 118 Å². The smallest absolute Gasteiger partial charge is 0.119 e. The molecule has 1 heterocycles. The second-order valence-corrected chi connectivity index (χ2v) is 4.66. The van der Waals surface area contributed by atoms with Crippen LogP contribution in [0.15, 0.2) is 67.3 Å². The maximum Gasteiger partial charge on any atom is 0.119 e. The van der Waals surface area contributed by atoms with Crippen molar-refractivity contribution in [1.82, 2.24) is 9.55 Å². The molecule has 20 heavy (non-hydrogen) atoms. The van der Waals surface area contributed by atoms with Crippen LogP contribution >= 0.6 is 0 Å². The van der Waals surface area contributed by atoms with Gasteiger partial charge in [0.05, 0.1) is 13.4 Å². The number of aromatic nitrogens is 2. The number of methoxy groups -OCH3 is 1. The quantitative estimate of drug-likeness (QED) is 0.720. The first-order valence-electron chi connectivity index (χ1n) is 6.54. The van der Waals surface area contributed by atoms with Crippen molar-refractivity contribution in [2.45, 2.75) is 6.54 Å². The summed E-state index contributed by atoms with van der Waals surface area (Å²) in [5, 5.41) is 0. The number of hydrogen-bond donors (Lipinski definition) is 0. The third-order valence-electron chi connectivity index (χ3n) is 3.28. The zero-order chi connectivity index (χ0) is 13.8. The number of imidazole rings is 1. The average molecular weight is 264 g/mol. The number of hydrogen-bond acceptors (Lipinski definition) is 2. The largest absolute Gasteiger partial charge is 0.497 e. The Hall–Kier alpha value is -2.55. The highest BCUT2D eigenvalue weighted by Gasteiger charge is 2.00. The van der Waals surface area contributed by atoms with E-state index in [0.717, 1.165) is 12.3 Å². The Morgan fingerprint density at radius 3 is 2.60 bits per heavy atom. The summed E-state index contributed by atoms with van der Waals surface area (Å²) >= 11 is 0. The minimum absolute atomic E-state index is 0.846. The zero-order valence-electron chi connectivity index (χ0n) is 11.4. The van der Waals surface area contributed by atoms with E-state index in [4.69, 9.17) is 4.74 Å². The molecule has 3 rings (SSSR count). The Morgan fingerprint density at radius 1 is 1.05 bits per heavy atom. The fraction of sp³-hybridized carbons (Fsp3) is 0.118. The molecule has 0 bridgehead atoms. The second kappa shape index (κ2) is 5.61. The van der Waals surface area contributed by atoms with Crippen molar-refractivity contribution in [1.29, 1.82) is 0 Å². The van der Waals surface area contributed by atoms with Crippen LogP contribution < -0.4 is 4.74 Å². The normalized spacial score (nSPS) is 10.4. The Morgan fingerprint density at radius 2 is 1.90 bits per heavy atom. The summed E-state index contributed by atoms with van der Waals surface area (Å²) in [5.74, 6) is 0.880. The lowest BCUT2D eigenvalue weighted by Gasteiger charge is -2.07. The number of benzene rings is 2. The molecule has 3 heteroatoms.